The second-order valence-electron chi connectivity index (χ2n) is 7.82. The number of rotatable bonds is 5. The van der Waals surface area contributed by atoms with E-state index < -0.39 is 0 Å². The number of hydrogen-bond acceptors (Lipinski definition) is 6. The number of urea groups is 1. The van der Waals surface area contributed by atoms with E-state index in [1.807, 2.05) is 62.5 Å². The van der Waals surface area contributed by atoms with Crippen LogP contribution in [0.5, 0.6) is 0 Å². The molecule has 6 N–H and O–H groups in total. The molecule has 5 atom stereocenters. The van der Waals surface area contributed by atoms with E-state index in [4.69, 9.17) is 0 Å². The highest BCUT2D eigenvalue weighted by molar-refractivity contribution is 5.74. The minimum atomic E-state index is -0.163. The number of anilines is 1. The van der Waals surface area contributed by atoms with Crippen molar-refractivity contribution in [2.75, 3.05) is 11.9 Å². The van der Waals surface area contributed by atoms with Gasteiger partial charge < -0.3 is 16.0 Å². The predicted octanol–water partition coefficient (Wildman–Crippen LogP) is 1.60. The zero-order valence-corrected chi connectivity index (χ0v) is 16.8. The fraction of sp³-hybridized carbons (Fsp3) is 0.429. The van der Waals surface area contributed by atoms with Gasteiger partial charge in [-0.1, -0.05) is 30.3 Å². The molecule has 0 aliphatic carbocycles. The maximum absolute atomic E-state index is 12.4. The molecule has 2 fully saturated rings. The number of carbonyl (C=O) groups is 1. The lowest BCUT2D eigenvalue weighted by Crippen LogP contribution is -2.58. The molecule has 29 heavy (non-hydrogen) atoms. The number of pyridine rings is 1. The van der Waals surface area contributed by atoms with Crippen LogP contribution in [-0.4, -0.2) is 35.9 Å². The molecular formula is C21H29N7O. The zero-order valence-electron chi connectivity index (χ0n) is 16.8. The molecule has 2 saturated heterocycles. The van der Waals surface area contributed by atoms with Crippen LogP contribution >= 0.6 is 0 Å². The summed E-state index contributed by atoms with van der Waals surface area (Å²) < 4.78 is 0. The standard InChI is InChI=1S/C21H29N7O/c1-13-8-9-16(11-22-13)25-20-17-12-23-19(10-18(17)27-28-20)26-21(29)24-14(2)15-6-4-3-5-7-15/h3-9,11,14,17-20,23,25,27-28H,10,12H2,1-2H3,(H2,24,26,29)/t14-,17?,18?,19?,20?/m1/s1. The Morgan fingerprint density at radius 3 is 2.76 bits per heavy atom. The molecule has 4 rings (SSSR count). The van der Waals surface area contributed by atoms with Gasteiger partial charge in [0.2, 0.25) is 0 Å². The van der Waals surface area contributed by atoms with Crippen molar-refractivity contribution in [3.63, 3.8) is 0 Å². The van der Waals surface area contributed by atoms with E-state index in [9.17, 15) is 4.79 Å². The second-order valence-corrected chi connectivity index (χ2v) is 7.82. The van der Waals surface area contributed by atoms with Crippen molar-refractivity contribution < 1.29 is 4.79 Å². The van der Waals surface area contributed by atoms with Crippen LogP contribution in [0.2, 0.25) is 0 Å². The molecule has 1 aromatic heterocycles. The summed E-state index contributed by atoms with van der Waals surface area (Å²) in [7, 11) is 0. The Bertz CT molecular complexity index is 814. The predicted molar refractivity (Wildman–Crippen MR) is 113 cm³/mol. The van der Waals surface area contributed by atoms with Crippen LogP contribution in [0.4, 0.5) is 10.5 Å². The highest BCUT2D eigenvalue weighted by atomic mass is 16.2. The van der Waals surface area contributed by atoms with Gasteiger partial charge in [-0.3, -0.25) is 15.7 Å². The molecular weight excluding hydrogens is 366 g/mol. The van der Waals surface area contributed by atoms with Crippen LogP contribution in [0.25, 0.3) is 0 Å². The Kier molecular flexibility index (Phi) is 5.94. The molecule has 2 amide bonds. The van der Waals surface area contributed by atoms with E-state index >= 15 is 0 Å². The molecule has 2 aliphatic heterocycles. The molecule has 1 aromatic carbocycles. The molecule has 2 aromatic rings. The van der Waals surface area contributed by atoms with E-state index in [0.29, 0.717) is 5.92 Å². The van der Waals surface area contributed by atoms with Gasteiger partial charge in [-0.2, -0.15) is 0 Å². The van der Waals surface area contributed by atoms with Crippen molar-refractivity contribution in [3.05, 3.63) is 59.9 Å². The summed E-state index contributed by atoms with van der Waals surface area (Å²) >= 11 is 0. The lowest BCUT2D eigenvalue weighted by atomic mass is 9.91. The fourth-order valence-electron chi connectivity index (χ4n) is 3.96. The van der Waals surface area contributed by atoms with E-state index in [0.717, 1.165) is 29.9 Å². The number of hydrazine groups is 1. The van der Waals surface area contributed by atoms with E-state index in [-0.39, 0.29) is 30.4 Å². The number of benzene rings is 1. The van der Waals surface area contributed by atoms with Crippen LogP contribution in [-0.2, 0) is 0 Å². The number of aromatic nitrogens is 1. The van der Waals surface area contributed by atoms with Gasteiger partial charge in [-0.05, 0) is 38.0 Å². The zero-order chi connectivity index (χ0) is 20.2. The summed E-state index contributed by atoms with van der Waals surface area (Å²) in [5.41, 5.74) is 9.77. The van der Waals surface area contributed by atoms with Gasteiger partial charge in [0.1, 0.15) is 0 Å². The summed E-state index contributed by atoms with van der Waals surface area (Å²) in [6.45, 7) is 4.75. The number of nitrogens with zero attached hydrogens (tertiary/aromatic N) is 1. The fourth-order valence-corrected chi connectivity index (χ4v) is 3.96. The van der Waals surface area contributed by atoms with Gasteiger partial charge in [0.05, 0.1) is 30.3 Å². The highest BCUT2D eigenvalue weighted by Gasteiger charge is 2.40. The summed E-state index contributed by atoms with van der Waals surface area (Å²) in [5, 5.41) is 13.0. The van der Waals surface area contributed by atoms with Gasteiger partial charge in [-0.15, -0.1) is 0 Å². The maximum atomic E-state index is 12.4. The monoisotopic (exact) mass is 395 g/mol. The third-order valence-electron chi connectivity index (χ3n) is 5.64. The smallest absolute Gasteiger partial charge is 0.316 e. The Morgan fingerprint density at radius 2 is 2.00 bits per heavy atom. The molecule has 0 bridgehead atoms. The molecule has 2 aliphatic rings. The summed E-state index contributed by atoms with van der Waals surface area (Å²) in [4.78, 5) is 16.7. The van der Waals surface area contributed by atoms with Crippen molar-refractivity contribution in [2.24, 2.45) is 5.92 Å². The van der Waals surface area contributed by atoms with Crippen LogP contribution in [0.3, 0.4) is 0 Å². The number of fused-ring (bicyclic) bond motifs is 1. The van der Waals surface area contributed by atoms with Gasteiger partial charge in [0, 0.05) is 24.2 Å². The Labute approximate surface area is 171 Å². The first-order valence-electron chi connectivity index (χ1n) is 10.1. The van der Waals surface area contributed by atoms with Gasteiger partial charge in [-0.25, -0.2) is 10.2 Å². The average Bonchev–Trinajstić information content (AvgIpc) is 3.12. The number of carbonyl (C=O) groups excluding carboxylic acids is 1. The Hall–Kier alpha value is -2.68. The highest BCUT2D eigenvalue weighted by Crippen LogP contribution is 2.23. The molecule has 0 spiro atoms. The van der Waals surface area contributed by atoms with Crippen LogP contribution < -0.4 is 32.1 Å². The van der Waals surface area contributed by atoms with Crippen LogP contribution in [0.1, 0.15) is 30.6 Å². The van der Waals surface area contributed by atoms with Crippen LogP contribution in [0.15, 0.2) is 48.7 Å². The topological polar surface area (TPSA) is 102 Å². The lowest BCUT2D eigenvalue weighted by molar-refractivity contribution is 0.213. The number of nitrogens with one attached hydrogen (secondary N) is 6. The number of piperidine rings is 1. The number of aryl methyl sites for hydroxylation is 1. The summed E-state index contributed by atoms with van der Waals surface area (Å²) in [5.74, 6) is 0.362. The van der Waals surface area contributed by atoms with Crippen molar-refractivity contribution in [1.82, 2.24) is 31.8 Å². The molecule has 8 nitrogen and oxygen atoms in total. The molecule has 3 heterocycles. The third-order valence-corrected chi connectivity index (χ3v) is 5.64. The average molecular weight is 396 g/mol. The first-order chi connectivity index (χ1) is 14.1. The van der Waals surface area contributed by atoms with Gasteiger partial charge in [0.15, 0.2) is 0 Å². The van der Waals surface area contributed by atoms with Crippen LogP contribution in [0, 0.1) is 12.8 Å². The Morgan fingerprint density at radius 1 is 1.17 bits per heavy atom. The molecule has 0 saturated carbocycles. The van der Waals surface area contributed by atoms with E-state index in [2.05, 4.69) is 37.1 Å². The lowest BCUT2D eigenvalue weighted by Gasteiger charge is -2.34. The molecule has 0 radical (unpaired) electrons. The maximum Gasteiger partial charge on any atom is 0.316 e. The largest absolute Gasteiger partial charge is 0.367 e. The SMILES string of the molecule is Cc1ccc(NC2NNC3CC(NC(=O)N[C@H](C)c4ccccc4)NCC32)cn1. The van der Waals surface area contributed by atoms with Gasteiger partial charge in [0.25, 0.3) is 0 Å². The second kappa shape index (κ2) is 8.77. The number of hydrogen-bond donors (Lipinski definition) is 6. The van der Waals surface area contributed by atoms with Crippen molar-refractivity contribution >= 4 is 11.7 Å². The summed E-state index contributed by atoms with van der Waals surface area (Å²) in [6, 6.07) is 14.0. The molecule has 8 heteroatoms. The van der Waals surface area contributed by atoms with Gasteiger partial charge >= 0.3 is 6.03 Å². The van der Waals surface area contributed by atoms with E-state index in [1.54, 1.807) is 0 Å². The van der Waals surface area contributed by atoms with Crippen molar-refractivity contribution in [1.29, 1.82) is 0 Å². The molecule has 4 unspecified atom stereocenters. The quantitative estimate of drug-likeness (QED) is 0.460. The molecule has 154 valence electrons. The van der Waals surface area contributed by atoms with Crippen molar-refractivity contribution in [3.8, 4) is 0 Å². The Balaban J connectivity index is 1.26. The number of amides is 2. The minimum Gasteiger partial charge on any atom is -0.367 e. The van der Waals surface area contributed by atoms with E-state index in [1.165, 1.54) is 0 Å². The van der Waals surface area contributed by atoms with Crippen molar-refractivity contribution in [2.45, 2.75) is 44.7 Å². The first-order valence-corrected chi connectivity index (χ1v) is 10.1. The first kappa shape index (κ1) is 19.6. The normalized spacial score (nSPS) is 27.0. The summed E-state index contributed by atoms with van der Waals surface area (Å²) in [6.07, 6.45) is 2.68. The minimum absolute atomic E-state index is 0.0458. The third kappa shape index (κ3) is 4.84.